The molecular weight excluding hydrogens is 362 g/mol. The Bertz CT molecular complexity index is 771. The monoisotopic (exact) mass is 393 g/mol. The number of rotatable bonds is 6. The van der Waals surface area contributed by atoms with E-state index in [4.69, 9.17) is 0 Å². The van der Waals surface area contributed by atoms with Crippen LogP contribution in [-0.2, 0) is 27.7 Å². The number of aryl methyl sites for hydroxylation is 2. The highest BCUT2D eigenvalue weighted by molar-refractivity contribution is 7.89. The van der Waals surface area contributed by atoms with Gasteiger partial charge in [0.1, 0.15) is 0 Å². The van der Waals surface area contributed by atoms with Crippen molar-refractivity contribution in [2.24, 2.45) is 0 Å². The summed E-state index contributed by atoms with van der Waals surface area (Å²) in [5, 5.41) is 2.96. The summed E-state index contributed by atoms with van der Waals surface area (Å²) in [5.41, 5.74) is 2.47. The second kappa shape index (κ2) is 8.71. The van der Waals surface area contributed by atoms with Crippen molar-refractivity contribution in [2.75, 3.05) is 32.7 Å². The van der Waals surface area contributed by atoms with E-state index in [0.29, 0.717) is 37.6 Å². The number of nitrogens with one attached hydrogen (secondary N) is 1. The van der Waals surface area contributed by atoms with Crippen LogP contribution in [0.2, 0.25) is 0 Å². The quantitative estimate of drug-likeness (QED) is 0.800. The summed E-state index contributed by atoms with van der Waals surface area (Å²) in [6.07, 6.45) is 5.24. The predicted octanol–water partition coefficient (Wildman–Crippen LogP) is 1.79. The van der Waals surface area contributed by atoms with Gasteiger partial charge in [0.15, 0.2) is 0 Å². The summed E-state index contributed by atoms with van der Waals surface area (Å²) in [5.74, 6) is 0.00958. The number of hydrogen-bond acceptors (Lipinski definition) is 4. The third kappa shape index (κ3) is 4.89. The van der Waals surface area contributed by atoms with Gasteiger partial charge in [-0.3, -0.25) is 9.69 Å². The van der Waals surface area contributed by atoms with Gasteiger partial charge in [-0.15, -0.1) is 0 Å². The van der Waals surface area contributed by atoms with Crippen molar-refractivity contribution < 1.29 is 13.2 Å². The number of piperazine rings is 1. The maximum atomic E-state index is 13.0. The molecule has 0 saturated carbocycles. The molecule has 1 atom stereocenters. The zero-order valence-electron chi connectivity index (χ0n) is 16.4. The molecule has 150 valence electrons. The molecule has 1 aliphatic heterocycles. The van der Waals surface area contributed by atoms with E-state index in [1.54, 1.807) is 10.4 Å². The Morgan fingerprint density at radius 2 is 1.78 bits per heavy atom. The number of nitrogens with zero attached hydrogens (tertiary/aromatic N) is 2. The fraction of sp³-hybridized carbons (Fsp3) is 0.650. The summed E-state index contributed by atoms with van der Waals surface area (Å²) in [6.45, 7) is 6.37. The van der Waals surface area contributed by atoms with Gasteiger partial charge in [-0.25, -0.2) is 8.42 Å². The van der Waals surface area contributed by atoms with Gasteiger partial charge in [0, 0.05) is 32.2 Å². The number of fused-ring (bicyclic) bond motifs is 1. The van der Waals surface area contributed by atoms with Crippen molar-refractivity contribution >= 4 is 15.9 Å². The minimum absolute atomic E-state index is 0.00958. The molecule has 1 unspecified atom stereocenters. The minimum Gasteiger partial charge on any atom is -0.353 e. The van der Waals surface area contributed by atoms with Gasteiger partial charge in [-0.1, -0.05) is 13.0 Å². The van der Waals surface area contributed by atoms with Crippen LogP contribution in [0.1, 0.15) is 44.2 Å². The highest BCUT2D eigenvalue weighted by atomic mass is 32.2. The van der Waals surface area contributed by atoms with Crippen LogP contribution >= 0.6 is 0 Å². The van der Waals surface area contributed by atoms with Crippen molar-refractivity contribution in [3.63, 3.8) is 0 Å². The van der Waals surface area contributed by atoms with Crippen LogP contribution in [0, 0.1) is 0 Å². The van der Waals surface area contributed by atoms with Gasteiger partial charge in [0.25, 0.3) is 0 Å². The molecule has 2 aliphatic rings. The van der Waals surface area contributed by atoms with Gasteiger partial charge < -0.3 is 5.32 Å². The van der Waals surface area contributed by atoms with E-state index in [1.807, 2.05) is 30.9 Å². The second-order valence-corrected chi connectivity index (χ2v) is 9.63. The molecule has 6 nitrogen and oxygen atoms in total. The lowest BCUT2D eigenvalue weighted by atomic mass is 9.92. The Balaban J connectivity index is 1.59. The van der Waals surface area contributed by atoms with Crippen molar-refractivity contribution in [3.8, 4) is 0 Å². The first kappa shape index (κ1) is 20.3. The van der Waals surface area contributed by atoms with Gasteiger partial charge in [0.05, 0.1) is 11.4 Å². The largest absolute Gasteiger partial charge is 0.353 e. The SMILES string of the molecule is CCC(C)NC(=O)CN1CCN(S(=O)(=O)c2ccc3c(c2)CCCC3)CC1. The van der Waals surface area contributed by atoms with Gasteiger partial charge in [-0.05, 0) is 62.3 Å². The Morgan fingerprint density at radius 3 is 2.44 bits per heavy atom. The minimum atomic E-state index is -3.46. The predicted molar refractivity (Wildman–Crippen MR) is 106 cm³/mol. The fourth-order valence-corrected chi connectivity index (χ4v) is 5.25. The molecule has 0 spiro atoms. The van der Waals surface area contributed by atoms with E-state index in [9.17, 15) is 13.2 Å². The summed E-state index contributed by atoms with van der Waals surface area (Å²) in [6, 6.07) is 5.78. The lowest BCUT2D eigenvalue weighted by molar-refractivity contribution is -0.123. The summed E-state index contributed by atoms with van der Waals surface area (Å²) >= 11 is 0. The van der Waals surface area contributed by atoms with Crippen molar-refractivity contribution in [1.29, 1.82) is 0 Å². The van der Waals surface area contributed by atoms with E-state index < -0.39 is 10.0 Å². The number of carbonyl (C=O) groups excluding carboxylic acids is 1. The van der Waals surface area contributed by atoms with Crippen LogP contribution in [-0.4, -0.2) is 62.3 Å². The topological polar surface area (TPSA) is 69.7 Å². The molecule has 1 aromatic rings. The molecule has 1 fully saturated rings. The zero-order valence-corrected chi connectivity index (χ0v) is 17.2. The molecule has 27 heavy (non-hydrogen) atoms. The molecule has 1 N–H and O–H groups in total. The number of benzene rings is 1. The molecule has 1 saturated heterocycles. The van der Waals surface area contributed by atoms with E-state index in [2.05, 4.69) is 5.32 Å². The van der Waals surface area contributed by atoms with E-state index in [-0.39, 0.29) is 11.9 Å². The molecule has 1 heterocycles. The molecule has 1 aromatic carbocycles. The first-order chi connectivity index (χ1) is 12.9. The number of amides is 1. The van der Waals surface area contributed by atoms with Gasteiger partial charge >= 0.3 is 0 Å². The summed E-state index contributed by atoms with van der Waals surface area (Å²) in [7, 11) is -3.46. The van der Waals surface area contributed by atoms with Crippen LogP contribution in [0.5, 0.6) is 0 Å². The summed E-state index contributed by atoms with van der Waals surface area (Å²) in [4.78, 5) is 14.5. The van der Waals surface area contributed by atoms with E-state index in [0.717, 1.165) is 25.7 Å². The Labute approximate surface area is 163 Å². The van der Waals surface area contributed by atoms with Gasteiger partial charge in [0.2, 0.25) is 15.9 Å². The van der Waals surface area contributed by atoms with Crippen molar-refractivity contribution in [1.82, 2.24) is 14.5 Å². The van der Waals surface area contributed by atoms with E-state index in [1.165, 1.54) is 17.5 Å². The number of sulfonamides is 1. The fourth-order valence-electron chi connectivity index (χ4n) is 3.77. The standard InChI is InChI=1S/C20H31N3O3S/c1-3-16(2)21-20(24)15-22-10-12-23(13-11-22)27(25,26)19-9-8-17-6-4-5-7-18(17)14-19/h8-9,14,16H,3-7,10-13,15H2,1-2H3,(H,21,24). The highest BCUT2D eigenvalue weighted by Crippen LogP contribution is 2.26. The Morgan fingerprint density at radius 1 is 1.11 bits per heavy atom. The van der Waals surface area contributed by atoms with E-state index >= 15 is 0 Å². The summed E-state index contributed by atoms with van der Waals surface area (Å²) < 4.78 is 27.6. The molecule has 1 amide bonds. The van der Waals surface area contributed by atoms with Crippen molar-refractivity contribution in [2.45, 2.75) is 56.9 Å². The van der Waals surface area contributed by atoms with Gasteiger partial charge in [-0.2, -0.15) is 4.31 Å². The number of hydrogen-bond donors (Lipinski definition) is 1. The molecule has 0 radical (unpaired) electrons. The lowest BCUT2D eigenvalue weighted by Gasteiger charge is -2.34. The smallest absolute Gasteiger partial charge is 0.243 e. The third-order valence-electron chi connectivity index (χ3n) is 5.68. The second-order valence-electron chi connectivity index (χ2n) is 7.69. The molecular formula is C20H31N3O3S. The first-order valence-corrected chi connectivity index (χ1v) is 11.5. The van der Waals surface area contributed by atoms with Crippen LogP contribution in [0.3, 0.4) is 0 Å². The average molecular weight is 394 g/mol. The number of carbonyl (C=O) groups is 1. The lowest BCUT2D eigenvalue weighted by Crippen LogP contribution is -2.51. The highest BCUT2D eigenvalue weighted by Gasteiger charge is 2.29. The van der Waals surface area contributed by atoms with Crippen LogP contribution in [0.25, 0.3) is 0 Å². The van der Waals surface area contributed by atoms with Crippen molar-refractivity contribution in [3.05, 3.63) is 29.3 Å². The maximum absolute atomic E-state index is 13.0. The Hall–Kier alpha value is -1.44. The molecule has 1 aliphatic carbocycles. The maximum Gasteiger partial charge on any atom is 0.243 e. The first-order valence-electron chi connectivity index (χ1n) is 10.0. The third-order valence-corrected chi connectivity index (χ3v) is 7.57. The zero-order chi connectivity index (χ0) is 19.4. The van der Waals surface area contributed by atoms with Crippen LogP contribution in [0.4, 0.5) is 0 Å². The molecule has 3 rings (SSSR count). The van der Waals surface area contributed by atoms with Crippen LogP contribution < -0.4 is 5.32 Å². The van der Waals surface area contributed by atoms with Crippen LogP contribution in [0.15, 0.2) is 23.1 Å². The molecule has 0 aromatic heterocycles. The Kier molecular flexibility index (Phi) is 6.55. The average Bonchev–Trinajstić information content (AvgIpc) is 2.67. The normalized spacial score (nSPS) is 20.1. The molecule has 0 bridgehead atoms. The molecule has 7 heteroatoms.